The van der Waals surface area contributed by atoms with E-state index in [1.165, 1.54) is 65.7 Å². The molecule has 1 aromatic heterocycles. The lowest BCUT2D eigenvalue weighted by molar-refractivity contribution is -0.112. The SMILES string of the molecule is COc1c(N2CCN(/N=C/c3c4c(O)c5c(O)c(C)c6c(c5c3O)C(=O)[C@@](C)(O/C=C/[C@H](OC)[C@@H](C)[C@@H](O)[C@H](C)[C@H](O)[C@H](C)[C@@H](O)[C@@H](C)/C=C/C=C(/C)C(=O)N4)O6)C(C)C2)c(F)cc2c(=O)c(C)cn(C3CC3)c12. The number of piperazine rings is 1. The smallest absolute Gasteiger partial charge is 0.312 e. The van der Waals surface area contributed by atoms with Crippen LogP contribution in [0.3, 0.4) is 0 Å². The summed E-state index contributed by atoms with van der Waals surface area (Å²) in [6.07, 6.45) is 8.04. The Labute approximate surface area is 428 Å². The van der Waals surface area contributed by atoms with E-state index in [0.717, 1.165) is 12.8 Å². The molecule has 1 amide bonds. The molecule has 5 bridgehead atoms. The summed E-state index contributed by atoms with van der Waals surface area (Å²) in [5.74, 6) is -8.68. The molecule has 74 heavy (non-hydrogen) atoms. The highest BCUT2D eigenvalue weighted by atomic mass is 19.1. The van der Waals surface area contributed by atoms with Crippen molar-refractivity contribution in [2.75, 3.05) is 44.1 Å². The number of aromatic nitrogens is 1. The van der Waals surface area contributed by atoms with Gasteiger partial charge < -0.3 is 64.4 Å². The number of hydrogen-bond donors (Lipinski definition) is 7. The number of carbonyl (C=O) groups is 2. The Hall–Kier alpha value is -6.67. The quantitative estimate of drug-likeness (QED) is 0.0594. The number of halogens is 1. The number of Topliss-reactive ketones (excluding diaryl/α,β-unsaturated/α-hetero) is 1. The van der Waals surface area contributed by atoms with Gasteiger partial charge in [0, 0.05) is 85.1 Å². The minimum absolute atomic E-state index is 0.0130. The van der Waals surface area contributed by atoms with E-state index in [-0.39, 0.29) is 92.4 Å². The molecule has 1 aliphatic carbocycles. The average Bonchev–Trinajstić information content (AvgIpc) is 4.19. The third kappa shape index (κ3) is 9.32. The highest BCUT2D eigenvalue weighted by molar-refractivity contribution is 6.24. The van der Waals surface area contributed by atoms with Crippen molar-refractivity contribution in [2.24, 2.45) is 28.8 Å². The van der Waals surface area contributed by atoms with Crippen LogP contribution in [0.4, 0.5) is 15.8 Å². The van der Waals surface area contributed by atoms with Gasteiger partial charge in [-0.3, -0.25) is 19.4 Å². The highest BCUT2D eigenvalue weighted by Crippen LogP contribution is 2.55. The molecule has 1 saturated heterocycles. The second-order valence-electron chi connectivity index (χ2n) is 20.7. The number of hydrogen-bond acceptors (Lipinski definition) is 16. The molecule has 7 N–H and O–H groups in total. The number of rotatable bonds is 6. The van der Waals surface area contributed by atoms with Gasteiger partial charge in [0.2, 0.25) is 0 Å². The second-order valence-corrected chi connectivity index (χ2v) is 20.7. The summed E-state index contributed by atoms with van der Waals surface area (Å²) in [5.41, 5.74) is 0.254. The topological polar surface area (TPSA) is 245 Å². The molecule has 0 radical (unpaired) electrons. The molecule has 1 saturated carbocycles. The first-order valence-electron chi connectivity index (χ1n) is 25.0. The molecule has 2 fully saturated rings. The fourth-order valence-corrected chi connectivity index (χ4v) is 10.6. The molecular weight excluding hydrogens is 958 g/mol. The van der Waals surface area contributed by atoms with E-state index in [4.69, 9.17) is 24.0 Å². The van der Waals surface area contributed by atoms with Crippen LogP contribution in [-0.4, -0.2) is 128 Å². The number of phenols is 3. The van der Waals surface area contributed by atoms with E-state index in [9.17, 15) is 45.0 Å². The Kier molecular flexibility index (Phi) is 14.9. The number of aliphatic hydroxyl groups is 3. The zero-order chi connectivity index (χ0) is 54.0. The van der Waals surface area contributed by atoms with E-state index in [1.807, 2.05) is 16.4 Å². The van der Waals surface area contributed by atoms with Crippen LogP contribution in [0.15, 0.2) is 58.3 Å². The molecule has 4 aromatic rings. The van der Waals surface area contributed by atoms with Crippen LogP contribution in [0, 0.1) is 43.3 Å². The summed E-state index contributed by atoms with van der Waals surface area (Å²) in [7, 11) is 2.87. The van der Waals surface area contributed by atoms with Crippen LogP contribution < -0.4 is 25.1 Å². The maximum absolute atomic E-state index is 16.3. The van der Waals surface area contributed by atoms with Crippen LogP contribution in [0.5, 0.6) is 28.7 Å². The molecule has 18 nitrogen and oxygen atoms in total. The fraction of sp³-hybridized carbons (Fsp3) is 0.491. The van der Waals surface area contributed by atoms with Crippen LogP contribution in [0.2, 0.25) is 0 Å². The first-order valence-corrected chi connectivity index (χ1v) is 25.0. The number of aryl methyl sites for hydroxylation is 1. The van der Waals surface area contributed by atoms with E-state index >= 15 is 4.39 Å². The van der Waals surface area contributed by atoms with Gasteiger partial charge in [0.25, 0.3) is 11.7 Å². The number of benzene rings is 3. The lowest BCUT2D eigenvalue weighted by Crippen LogP contribution is -2.50. The fourth-order valence-electron chi connectivity index (χ4n) is 10.6. The number of methoxy groups -OCH3 is 2. The minimum atomic E-state index is -2.10. The van der Waals surface area contributed by atoms with Crippen molar-refractivity contribution in [1.29, 1.82) is 0 Å². The van der Waals surface area contributed by atoms with E-state index in [2.05, 4.69) is 5.32 Å². The number of ketones is 1. The number of aromatic hydroxyl groups is 3. The monoisotopic (exact) mass is 1030 g/mol. The number of pyridine rings is 1. The van der Waals surface area contributed by atoms with Gasteiger partial charge >= 0.3 is 5.79 Å². The Bertz CT molecular complexity index is 3090. The molecule has 5 heterocycles. The Morgan fingerprint density at radius 3 is 2.22 bits per heavy atom. The maximum Gasteiger partial charge on any atom is 0.312 e. The van der Waals surface area contributed by atoms with Crippen molar-refractivity contribution in [3.8, 4) is 28.7 Å². The van der Waals surface area contributed by atoms with Crippen LogP contribution >= 0.6 is 0 Å². The highest BCUT2D eigenvalue weighted by Gasteiger charge is 2.50. The predicted octanol–water partition coefficient (Wildman–Crippen LogP) is 6.83. The third-order valence-corrected chi connectivity index (χ3v) is 15.5. The van der Waals surface area contributed by atoms with E-state index in [0.29, 0.717) is 11.1 Å². The molecule has 19 heteroatoms. The average molecular weight is 1030 g/mol. The summed E-state index contributed by atoms with van der Waals surface area (Å²) in [5, 5.41) is 79.2. The number of aliphatic hydroxyl groups excluding tert-OH is 3. The van der Waals surface area contributed by atoms with Gasteiger partial charge in [0.15, 0.2) is 22.7 Å². The number of allylic oxidation sites excluding steroid dienone is 2. The van der Waals surface area contributed by atoms with Crippen LogP contribution in [0.1, 0.15) is 94.4 Å². The molecule has 398 valence electrons. The Morgan fingerprint density at radius 1 is 0.892 bits per heavy atom. The van der Waals surface area contributed by atoms with E-state index < -0.39 is 94.7 Å². The first-order chi connectivity index (χ1) is 35.0. The van der Waals surface area contributed by atoms with Gasteiger partial charge in [-0.2, -0.15) is 5.10 Å². The number of nitrogens with one attached hydrogen (secondary N) is 1. The van der Waals surface area contributed by atoms with Gasteiger partial charge in [0.05, 0.1) is 89.7 Å². The normalized spacial score (nSPS) is 29.9. The van der Waals surface area contributed by atoms with Crippen LogP contribution in [0.25, 0.3) is 21.7 Å². The molecule has 0 spiro atoms. The van der Waals surface area contributed by atoms with Crippen molar-refractivity contribution < 1.29 is 63.6 Å². The summed E-state index contributed by atoms with van der Waals surface area (Å²) >= 11 is 0. The Balaban J connectivity index is 1.21. The zero-order valence-corrected chi connectivity index (χ0v) is 43.6. The number of anilines is 2. The Morgan fingerprint density at radius 2 is 1.57 bits per heavy atom. The number of hydrazone groups is 1. The molecule has 9 rings (SSSR count). The molecule has 10 atom stereocenters. The third-order valence-electron chi connectivity index (χ3n) is 15.5. The first kappa shape index (κ1) is 53.6. The lowest BCUT2D eigenvalue weighted by Gasteiger charge is -2.40. The van der Waals surface area contributed by atoms with Gasteiger partial charge in [-0.05, 0) is 52.7 Å². The number of amides is 1. The summed E-state index contributed by atoms with van der Waals surface area (Å²) in [6.45, 7) is 15.3. The van der Waals surface area contributed by atoms with Gasteiger partial charge in [-0.25, -0.2) is 4.39 Å². The summed E-state index contributed by atoms with van der Waals surface area (Å²) in [4.78, 5) is 43.8. The minimum Gasteiger partial charge on any atom is -0.507 e. The number of ether oxygens (including phenoxy) is 4. The number of carbonyl (C=O) groups excluding carboxylic acids is 2. The predicted molar refractivity (Wildman–Crippen MR) is 278 cm³/mol. The summed E-state index contributed by atoms with van der Waals surface area (Å²) < 4.78 is 42.0. The zero-order valence-electron chi connectivity index (χ0n) is 43.6. The van der Waals surface area contributed by atoms with E-state index in [1.54, 1.807) is 58.0 Å². The molecule has 5 aliphatic rings. The largest absolute Gasteiger partial charge is 0.507 e. The molecule has 4 aliphatic heterocycles. The standard InChI is InChI=1S/C55H68FN5O13/c1-25-13-12-14-26(2)54(70)58-41-35(22-57-61-19-18-59(24-28(61)4)43-36(56)21-34-42(52(43)72-11)60(33-15-16-33)23-27(3)45(34)63)49(67)38-39(50(41)68)48(66)32(8)51-40(38)53(69)55(9,74-51)73-20-17-37(71-10)29(5)46(64)31(7)47(65)30(6)44(25)62/h12-14,17,20-23,25,28-31,33,37,44,46-47,62,64-68H,15-16,18-19,24H2,1-11H3,(H,58,70)/b13-12+,20-17+,26-14-,57-22+/t25-,28?,29+,30+,31-,37-,44-,46+,47+,55-/m0/s1. The van der Waals surface area contributed by atoms with Crippen molar-refractivity contribution in [3.63, 3.8) is 0 Å². The number of nitrogens with zero attached hydrogens (tertiary/aromatic N) is 4. The summed E-state index contributed by atoms with van der Waals surface area (Å²) in [6, 6.07) is 1.00. The van der Waals surface area contributed by atoms with Crippen molar-refractivity contribution in [1.82, 2.24) is 9.58 Å². The van der Waals surface area contributed by atoms with Gasteiger partial charge in [-0.1, -0.05) is 45.9 Å². The van der Waals surface area contributed by atoms with Crippen molar-refractivity contribution in [2.45, 2.75) is 117 Å². The molecule has 1 unspecified atom stereocenters. The second kappa shape index (κ2) is 20.6. The molecular formula is C55H68FN5O13. The van der Waals surface area contributed by atoms with Crippen LogP contribution in [-0.2, 0) is 14.3 Å². The molecule has 3 aromatic carbocycles. The van der Waals surface area contributed by atoms with Crippen molar-refractivity contribution in [3.05, 3.63) is 86.7 Å². The van der Waals surface area contributed by atoms with Gasteiger partial charge in [-0.15, -0.1) is 0 Å². The number of fused-ring (bicyclic) bond motifs is 15. The van der Waals surface area contributed by atoms with Gasteiger partial charge in [0.1, 0.15) is 22.9 Å². The maximum atomic E-state index is 16.3. The number of phenolic OH excluding ortho intramolecular Hbond substituents is 3. The lowest BCUT2D eigenvalue weighted by atomic mass is 9.78. The van der Waals surface area contributed by atoms with Crippen molar-refractivity contribution >= 4 is 51.0 Å².